The summed E-state index contributed by atoms with van der Waals surface area (Å²) in [5, 5.41) is 6.83. The topological polar surface area (TPSA) is 66.0 Å². The normalized spacial score (nSPS) is 19.4. The number of halogens is 1. The summed E-state index contributed by atoms with van der Waals surface area (Å²) < 4.78 is 4.75. The zero-order valence-electron chi connectivity index (χ0n) is 13.6. The molecule has 0 spiro atoms. The van der Waals surface area contributed by atoms with E-state index in [1.54, 1.807) is 11.9 Å². The first-order valence-electron chi connectivity index (χ1n) is 8.03. The number of guanidine groups is 1. The molecule has 128 valence electrons. The Balaban J connectivity index is 0.00000242. The molecule has 1 heterocycles. The molecule has 0 radical (unpaired) electrons. The second-order valence-corrected chi connectivity index (χ2v) is 5.96. The summed E-state index contributed by atoms with van der Waals surface area (Å²) >= 11 is 0. The number of amides is 1. The number of aliphatic imine (C=N–C) groups is 1. The molecule has 7 heteroatoms. The molecule has 6 nitrogen and oxygen atoms in total. The molecule has 1 aliphatic heterocycles. The molecular formula is C15H29IN4O2. The quantitative estimate of drug-likeness (QED) is 0.308. The number of nitrogens with one attached hydrogen (secondary N) is 2. The van der Waals surface area contributed by atoms with Crippen molar-refractivity contribution in [2.75, 3.05) is 33.8 Å². The van der Waals surface area contributed by atoms with Gasteiger partial charge in [-0.1, -0.05) is 12.8 Å². The van der Waals surface area contributed by atoms with Crippen LogP contribution in [0.3, 0.4) is 0 Å². The monoisotopic (exact) mass is 424 g/mol. The van der Waals surface area contributed by atoms with E-state index >= 15 is 0 Å². The van der Waals surface area contributed by atoms with Crippen molar-refractivity contribution in [3.63, 3.8) is 0 Å². The SMILES string of the molecule is CN=C(NCCCC1CC1)NC1CCN(C(=O)OC)CC1.I. The Morgan fingerprint density at radius 1 is 1.27 bits per heavy atom. The average molecular weight is 424 g/mol. The number of carbonyl (C=O) groups is 1. The van der Waals surface area contributed by atoms with Crippen molar-refractivity contribution in [2.45, 2.75) is 44.6 Å². The van der Waals surface area contributed by atoms with Gasteiger partial charge in [-0.2, -0.15) is 0 Å². The fourth-order valence-corrected chi connectivity index (χ4v) is 2.73. The maximum absolute atomic E-state index is 11.4. The van der Waals surface area contributed by atoms with Crippen LogP contribution in [0.4, 0.5) is 4.79 Å². The lowest BCUT2D eigenvalue weighted by atomic mass is 10.1. The van der Waals surface area contributed by atoms with Crippen molar-refractivity contribution in [2.24, 2.45) is 10.9 Å². The molecule has 0 unspecified atom stereocenters. The first kappa shape index (κ1) is 19.3. The molecule has 1 aliphatic carbocycles. The van der Waals surface area contributed by atoms with Gasteiger partial charge in [0.05, 0.1) is 7.11 Å². The van der Waals surface area contributed by atoms with E-state index in [9.17, 15) is 4.79 Å². The number of hydrogen-bond acceptors (Lipinski definition) is 3. The van der Waals surface area contributed by atoms with E-state index in [0.717, 1.165) is 44.4 Å². The highest BCUT2D eigenvalue weighted by atomic mass is 127. The lowest BCUT2D eigenvalue weighted by Crippen LogP contribution is -2.49. The Labute approximate surface area is 150 Å². The summed E-state index contributed by atoms with van der Waals surface area (Å²) in [4.78, 5) is 17.5. The summed E-state index contributed by atoms with van der Waals surface area (Å²) in [6.07, 6.45) is 7.02. The Kier molecular flexibility index (Phi) is 8.89. The number of carbonyl (C=O) groups excluding carboxylic acids is 1. The van der Waals surface area contributed by atoms with Gasteiger partial charge in [0.15, 0.2) is 5.96 Å². The Morgan fingerprint density at radius 3 is 2.50 bits per heavy atom. The van der Waals surface area contributed by atoms with Crippen molar-refractivity contribution in [1.82, 2.24) is 15.5 Å². The Bertz CT molecular complexity index is 367. The van der Waals surface area contributed by atoms with Crippen LogP contribution in [0.5, 0.6) is 0 Å². The van der Waals surface area contributed by atoms with Crippen LogP contribution in [0, 0.1) is 5.92 Å². The van der Waals surface area contributed by atoms with Gasteiger partial charge in [0.1, 0.15) is 0 Å². The van der Waals surface area contributed by atoms with E-state index in [0.29, 0.717) is 6.04 Å². The van der Waals surface area contributed by atoms with Gasteiger partial charge >= 0.3 is 6.09 Å². The number of hydrogen-bond donors (Lipinski definition) is 2. The third-order valence-corrected chi connectivity index (χ3v) is 4.27. The molecule has 1 saturated carbocycles. The highest BCUT2D eigenvalue weighted by Crippen LogP contribution is 2.33. The number of rotatable bonds is 5. The maximum atomic E-state index is 11.4. The number of piperidine rings is 1. The summed E-state index contributed by atoms with van der Waals surface area (Å²) in [7, 11) is 3.24. The van der Waals surface area contributed by atoms with E-state index in [4.69, 9.17) is 4.74 Å². The van der Waals surface area contributed by atoms with Gasteiger partial charge < -0.3 is 20.3 Å². The molecule has 0 aromatic carbocycles. The first-order valence-corrected chi connectivity index (χ1v) is 8.03. The van der Waals surface area contributed by atoms with Crippen molar-refractivity contribution < 1.29 is 9.53 Å². The highest BCUT2D eigenvalue weighted by Gasteiger charge is 2.24. The fraction of sp³-hybridized carbons (Fsp3) is 0.867. The van der Waals surface area contributed by atoms with Gasteiger partial charge in [0.2, 0.25) is 0 Å². The van der Waals surface area contributed by atoms with Crippen LogP contribution in [0.1, 0.15) is 38.5 Å². The van der Waals surface area contributed by atoms with E-state index in [2.05, 4.69) is 15.6 Å². The predicted octanol–water partition coefficient (Wildman–Crippen LogP) is 2.19. The molecule has 2 fully saturated rings. The zero-order valence-corrected chi connectivity index (χ0v) is 16.0. The number of methoxy groups -OCH3 is 1. The van der Waals surface area contributed by atoms with Crippen LogP contribution in [-0.2, 0) is 4.74 Å². The molecule has 1 amide bonds. The molecule has 0 aromatic heterocycles. The van der Waals surface area contributed by atoms with Gasteiger partial charge in [-0.25, -0.2) is 4.79 Å². The largest absolute Gasteiger partial charge is 0.453 e. The molecular weight excluding hydrogens is 395 g/mol. The molecule has 2 aliphatic rings. The van der Waals surface area contributed by atoms with Crippen LogP contribution in [-0.4, -0.2) is 56.8 Å². The molecule has 0 bridgehead atoms. The lowest BCUT2D eigenvalue weighted by molar-refractivity contribution is 0.111. The van der Waals surface area contributed by atoms with Gasteiger partial charge in [-0.3, -0.25) is 4.99 Å². The van der Waals surface area contributed by atoms with Crippen LogP contribution >= 0.6 is 24.0 Å². The van der Waals surface area contributed by atoms with Crippen LogP contribution in [0.25, 0.3) is 0 Å². The minimum Gasteiger partial charge on any atom is -0.453 e. The Morgan fingerprint density at radius 2 is 1.95 bits per heavy atom. The predicted molar refractivity (Wildman–Crippen MR) is 98.9 cm³/mol. The molecule has 2 rings (SSSR count). The summed E-state index contributed by atoms with van der Waals surface area (Å²) in [5.74, 6) is 1.87. The Hall–Kier alpha value is -0.730. The van der Waals surface area contributed by atoms with Crippen molar-refractivity contribution in [3.8, 4) is 0 Å². The van der Waals surface area contributed by atoms with Crippen molar-refractivity contribution >= 4 is 36.0 Å². The van der Waals surface area contributed by atoms with Crippen molar-refractivity contribution in [3.05, 3.63) is 0 Å². The van der Waals surface area contributed by atoms with E-state index in [1.165, 1.54) is 32.8 Å². The van der Waals surface area contributed by atoms with Crippen LogP contribution < -0.4 is 10.6 Å². The number of likely N-dealkylation sites (tertiary alicyclic amines) is 1. The minimum atomic E-state index is -0.226. The molecule has 1 saturated heterocycles. The molecule has 0 atom stereocenters. The third kappa shape index (κ3) is 6.58. The highest BCUT2D eigenvalue weighted by molar-refractivity contribution is 14.0. The summed E-state index contributed by atoms with van der Waals surface area (Å²) in [5.41, 5.74) is 0. The maximum Gasteiger partial charge on any atom is 0.409 e. The standard InChI is InChI=1S/C15H28N4O2.HI/c1-16-14(17-9-3-4-12-5-6-12)18-13-7-10-19(11-8-13)15(20)21-2;/h12-13H,3-11H2,1-2H3,(H2,16,17,18);1H. The number of nitrogens with zero attached hydrogens (tertiary/aromatic N) is 2. The van der Waals surface area contributed by atoms with Crippen LogP contribution in [0.15, 0.2) is 4.99 Å². The summed E-state index contributed by atoms with van der Waals surface area (Å²) in [6, 6.07) is 0.375. The van der Waals surface area contributed by atoms with E-state index in [1.807, 2.05) is 0 Å². The van der Waals surface area contributed by atoms with Crippen LogP contribution in [0.2, 0.25) is 0 Å². The van der Waals surface area contributed by atoms with Gasteiger partial charge in [-0.15, -0.1) is 24.0 Å². The molecule has 2 N–H and O–H groups in total. The second kappa shape index (κ2) is 10.1. The first-order chi connectivity index (χ1) is 10.2. The van der Waals surface area contributed by atoms with Crippen molar-refractivity contribution in [1.29, 1.82) is 0 Å². The lowest BCUT2D eigenvalue weighted by Gasteiger charge is -2.32. The second-order valence-electron chi connectivity index (χ2n) is 5.96. The number of ether oxygens (including phenoxy) is 1. The third-order valence-electron chi connectivity index (χ3n) is 4.27. The fourth-order valence-electron chi connectivity index (χ4n) is 2.73. The smallest absolute Gasteiger partial charge is 0.409 e. The van der Waals surface area contributed by atoms with Gasteiger partial charge in [0, 0.05) is 32.7 Å². The van der Waals surface area contributed by atoms with E-state index in [-0.39, 0.29) is 30.1 Å². The summed E-state index contributed by atoms with van der Waals surface area (Å²) in [6.45, 7) is 2.46. The zero-order chi connectivity index (χ0) is 15.1. The van der Waals surface area contributed by atoms with E-state index < -0.39 is 0 Å². The average Bonchev–Trinajstić information content (AvgIpc) is 3.34. The van der Waals surface area contributed by atoms with Gasteiger partial charge in [-0.05, 0) is 31.6 Å². The molecule has 22 heavy (non-hydrogen) atoms. The minimum absolute atomic E-state index is 0. The van der Waals surface area contributed by atoms with Gasteiger partial charge in [0.25, 0.3) is 0 Å². The molecule has 0 aromatic rings.